The van der Waals surface area contributed by atoms with Crippen molar-refractivity contribution in [3.05, 3.63) is 31.8 Å². The zero-order chi connectivity index (χ0) is 18.8. The highest BCUT2D eigenvalue weighted by Gasteiger charge is 2.35. The van der Waals surface area contributed by atoms with Crippen molar-refractivity contribution in [1.29, 1.82) is 0 Å². The van der Waals surface area contributed by atoms with Crippen LogP contribution in [0, 0.1) is 5.92 Å². The molecule has 1 aliphatic carbocycles. The molecule has 2 heterocycles. The summed E-state index contributed by atoms with van der Waals surface area (Å²) in [6.45, 7) is 1.74. The summed E-state index contributed by atoms with van der Waals surface area (Å²) < 4.78 is 0. The van der Waals surface area contributed by atoms with E-state index in [0.29, 0.717) is 24.1 Å². The van der Waals surface area contributed by atoms with E-state index in [-0.39, 0.29) is 29.8 Å². The number of nitrogens with one attached hydrogen (secondary N) is 1. The summed E-state index contributed by atoms with van der Waals surface area (Å²) >= 11 is 1.52. The second-order valence-corrected chi connectivity index (χ2v) is 8.46. The summed E-state index contributed by atoms with van der Waals surface area (Å²) in [4.78, 5) is 33.6. The van der Waals surface area contributed by atoms with Crippen molar-refractivity contribution in [3.63, 3.8) is 0 Å². The van der Waals surface area contributed by atoms with E-state index in [4.69, 9.17) is 5.53 Å². The molecule has 1 fully saturated rings. The second-order valence-electron chi connectivity index (χ2n) is 7.33. The summed E-state index contributed by atoms with van der Waals surface area (Å²) in [7, 11) is 5.53. The molecule has 2 amide bonds. The van der Waals surface area contributed by atoms with Crippen molar-refractivity contribution in [2.24, 2.45) is 11.0 Å². The van der Waals surface area contributed by atoms with E-state index >= 15 is 0 Å². The van der Waals surface area contributed by atoms with E-state index in [0.717, 1.165) is 13.1 Å². The van der Waals surface area contributed by atoms with Gasteiger partial charge in [-0.15, -0.1) is 11.3 Å². The van der Waals surface area contributed by atoms with Gasteiger partial charge in [-0.3, -0.25) is 14.5 Å². The summed E-state index contributed by atoms with van der Waals surface area (Å²) in [5.74, 6) is -0.239. The molecule has 3 rings (SSSR count). The van der Waals surface area contributed by atoms with E-state index in [9.17, 15) is 9.59 Å². The molecule has 0 radical (unpaired) electrons. The molecule has 1 N–H and O–H groups in total. The van der Waals surface area contributed by atoms with Gasteiger partial charge in [-0.05, 0) is 43.5 Å². The Balaban J connectivity index is 1.71. The van der Waals surface area contributed by atoms with Gasteiger partial charge in [-0.25, -0.2) is 0 Å². The fourth-order valence-electron chi connectivity index (χ4n) is 3.78. The molecule has 2 aliphatic rings. The number of rotatable bonds is 4. The highest BCUT2D eigenvalue weighted by Crippen LogP contribution is 2.32. The predicted octanol–water partition coefficient (Wildman–Crippen LogP) is 2.36. The Hall–Kier alpha value is -2.09. The van der Waals surface area contributed by atoms with Crippen LogP contribution in [0.4, 0.5) is 0 Å². The van der Waals surface area contributed by atoms with Gasteiger partial charge in [0.25, 0.3) is 5.91 Å². The van der Waals surface area contributed by atoms with Gasteiger partial charge >= 0.3 is 0 Å². The number of carbonyl (C=O) groups is 2. The lowest BCUT2D eigenvalue weighted by Crippen LogP contribution is -2.48. The average molecular weight is 376 g/mol. The first-order valence-corrected chi connectivity index (χ1v) is 9.57. The maximum absolute atomic E-state index is 12.7. The zero-order valence-electron chi connectivity index (χ0n) is 15.3. The molecule has 140 valence electrons. The number of nitrogens with zero attached hydrogens (tertiary/aromatic N) is 5. The quantitative estimate of drug-likeness (QED) is 0.496. The summed E-state index contributed by atoms with van der Waals surface area (Å²) in [6.07, 6.45) is 1.78. The third kappa shape index (κ3) is 3.85. The van der Waals surface area contributed by atoms with Crippen LogP contribution < -0.4 is 5.32 Å². The molecule has 1 aliphatic heterocycles. The average Bonchev–Trinajstić information content (AvgIpc) is 3.13. The molecule has 0 spiro atoms. The van der Waals surface area contributed by atoms with Gasteiger partial charge < -0.3 is 10.2 Å². The molecule has 0 unspecified atom stereocenters. The molecule has 0 saturated heterocycles. The molecule has 0 aromatic carbocycles. The third-order valence-corrected chi connectivity index (χ3v) is 6.26. The van der Waals surface area contributed by atoms with Crippen LogP contribution in [0.25, 0.3) is 10.4 Å². The smallest absolute Gasteiger partial charge is 0.261 e. The SMILES string of the molecule is CN1Cc2cc(C(=O)N[C@@H]3C[C@@H](C(=O)N(C)C)CC[C@@H]3N=[N+]=[N-])sc2C1. The molecule has 9 heteroatoms. The lowest BCUT2D eigenvalue weighted by molar-refractivity contribution is -0.134. The number of thiophene rings is 1. The van der Waals surface area contributed by atoms with Gasteiger partial charge in [0.05, 0.1) is 10.9 Å². The van der Waals surface area contributed by atoms with E-state index < -0.39 is 0 Å². The third-order valence-electron chi connectivity index (χ3n) is 5.09. The standard InChI is InChI=1S/C17H24N6O2S/c1-22(2)17(25)10-4-5-12(20-21-18)13(6-10)19-16(24)14-7-11-8-23(3)9-15(11)26-14/h7,10,12-13H,4-6,8-9H2,1-3H3,(H,19,24)/t10-,12-,13+/m0/s1. The monoisotopic (exact) mass is 376 g/mol. The van der Waals surface area contributed by atoms with Gasteiger partial charge in [0.1, 0.15) is 0 Å². The van der Waals surface area contributed by atoms with Crippen molar-refractivity contribution in [3.8, 4) is 0 Å². The first-order chi connectivity index (χ1) is 12.4. The van der Waals surface area contributed by atoms with Gasteiger partial charge in [0, 0.05) is 48.9 Å². The Morgan fingerprint density at radius 1 is 1.38 bits per heavy atom. The zero-order valence-corrected chi connectivity index (χ0v) is 16.1. The molecule has 8 nitrogen and oxygen atoms in total. The van der Waals surface area contributed by atoms with Gasteiger partial charge in [0.2, 0.25) is 5.91 Å². The Morgan fingerprint density at radius 3 is 2.81 bits per heavy atom. The van der Waals surface area contributed by atoms with E-state index in [2.05, 4.69) is 27.3 Å². The van der Waals surface area contributed by atoms with Gasteiger partial charge in [0.15, 0.2) is 0 Å². The van der Waals surface area contributed by atoms with Gasteiger partial charge in [-0.1, -0.05) is 5.11 Å². The Morgan fingerprint density at radius 2 is 2.15 bits per heavy atom. The van der Waals surface area contributed by atoms with Crippen molar-refractivity contribution in [1.82, 2.24) is 15.1 Å². The minimum atomic E-state index is -0.319. The number of azide groups is 1. The predicted molar refractivity (Wildman–Crippen MR) is 99.7 cm³/mol. The van der Waals surface area contributed by atoms with Crippen molar-refractivity contribution < 1.29 is 9.59 Å². The van der Waals surface area contributed by atoms with E-state index in [1.165, 1.54) is 21.8 Å². The molecule has 1 aromatic heterocycles. The fraction of sp³-hybridized carbons (Fsp3) is 0.647. The molecule has 1 aromatic rings. The van der Waals surface area contributed by atoms with Gasteiger partial charge in [-0.2, -0.15) is 0 Å². The van der Waals surface area contributed by atoms with Crippen LogP contribution in [0.15, 0.2) is 11.2 Å². The van der Waals surface area contributed by atoms with E-state index in [1.54, 1.807) is 19.0 Å². The number of fused-ring (bicyclic) bond motifs is 1. The van der Waals surface area contributed by atoms with Crippen LogP contribution in [0.5, 0.6) is 0 Å². The molecule has 3 atom stereocenters. The normalized spacial score (nSPS) is 25.3. The van der Waals surface area contributed by atoms with Crippen LogP contribution in [0.3, 0.4) is 0 Å². The van der Waals surface area contributed by atoms with Crippen LogP contribution in [-0.4, -0.2) is 54.8 Å². The Bertz CT molecular complexity index is 731. The maximum atomic E-state index is 12.7. The number of hydrogen-bond acceptors (Lipinski definition) is 5. The fourth-order valence-corrected chi connectivity index (χ4v) is 4.94. The summed E-state index contributed by atoms with van der Waals surface area (Å²) in [6, 6.07) is 1.32. The van der Waals surface area contributed by atoms with Crippen molar-refractivity contribution >= 4 is 23.2 Å². The Kier molecular flexibility index (Phi) is 5.50. The number of carbonyl (C=O) groups excluding carboxylic acids is 2. The summed E-state index contributed by atoms with van der Waals surface area (Å²) in [5.41, 5.74) is 10.0. The van der Waals surface area contributed by atoms with Crippen LogP contribution in [0.1, 0.15) is 39.4 Å². The molecular weight excluding hydrogens is 352 g/mol. The molecule has 0 bridgehead atoms. The minimum Gasteiger partial charge on any atom is -0.349 e. The largest absolute Gasteiger partial charge is 0.349 e. The van der Waals surface area contributed by atoms with Crippen LogP contribution in [0.2, 0.25) is 0 Å². The first-order valence-electron chi connectivity index (χ1n) is 8.75. The lowest BCUT2D eigenvalue weighted by atomic mass is 9.82. The molecular formula is C17H24N6O2S. The van der Waals surface area contributed by atoms with Crippen molar-refractivity contribution in [2.45, 2.75) is 44.4 Å². The number of amides is 2. The first kappa shape index (κ1) is 18.7. The highest BCUT2D eigenvalue weighted by molar-refractivity contribution is 7.14. The minimum absolute atomic E-state index is 0.0572. The van der Waals surface area contributed by atoms with Crippen LogP contribution >= 0.6 is 11.3 Å². The second kappa shape index (κ2) is 7.65. The topological polar surface area (TPSA) is 101 Å². The van der Waals surface area contributed by atoms with E-state index in [1.807, 2.05) is 6.07 Å². The highest BCUT2D eigenvalue weighted by atomic mass is 32.1. The molecule has 1 saturated carbocycles. The van der Waals surface area contributed by atoms with Crippen molar-refractivity contribution in [2.75, 3.05) is 21.1 Å². The molecule has 26 heavy (non-hydrogen) atoms. The Labute approximate surface area is 156 Å². The maximum Gasteiger partial charge on any atom is 0.261 e. The lowest BCUT2D eigenvalue weighted by Gasteiger charge is -2.34. The number of hydrogen-bond donors (Lipinski definition) is 1. The summed E-state index contributed by atoms with van der Waals surface area (Å²) in [5, 5.41) is 6.86. The van der Waals surface area contributed by atoms with Crippen LogP contribution in [-0.2, 0) is 17.9 Å².